The molecule has 0 atom stereocenters. The Morgan fingerprint density at radius 2 is 0.885 bits per heavy atom. The highest BCUT2D eigenvalue weighted by Crippen LogP contribution is 2.51. The summed E-state index contributed by atoms with van der Waals surface area (Å²) in [4.78, 5) is 7.55. The van der Waals surface area contributed by atoms with Gasteiger partial charge in [0.1, 0.15) is 0 Å². The SMILES string of the molecule is c1ccc(-c2ccc(N(c3ccc(-c4ccccc4)cc3)c3cc4ccccc4c4c3-c3ccc(-c5ccc(C6=Nc7ccccc7C6)c6ccccc56)cc3C4)cc2)cc1. The zero-order valence-electron chi connectivity index (χ0n) is 33.6. The van der Waals surface area contributed by atoms with Crippen LogP contribution in [0.2, 0.25) is 0 Å². The molecule has 12 rings (SSSR count). The minimum atomic E-state index is 0.859. The second-order valence-corrected chi connectivity index (χ2v) is 16.3. The van der Waals surface area contributed by atoms with Gasteiger partial charge in [-0.3, -0.25) is 4.99 Å². The summed E-state index contributed by atoms with van der Waals surface area (Å²) >= 11 is 0. The summed E-state index contributed by atoms with van der Waals surface area (Å²) in [5, 5.41) is 5.06. The third-order valence-corrected chi connectivity index (χ3v) is 12.7. The molecule has 0 fully saturated rings. The Hall–Kier alpha value is -7.81. The number of hydrogen-bond acceptors (Lipinski definition) is 2. The fourth-order valence-corrected chi connectivity index (χ4v) is 9.80. The molecule has 0 unspecified atom stereocenters. The summed E-state index contributed by atoms with van der Waals surface area (Å²) in [6.45, 7) is 0. The summed E-state index contributed by atoms with van der Waals surface area (Å²) < 4.78 is 0. The molecule has 1 heterocycles. The first kappa shape index (κ1) is 35.2. The molecular weight excluding hydrogens is 737 g/mol. The van der Waals surface area contributed by atoms with E-state index in [0.717, 1.165) is 35.6 Å². The van der Waals surface area contributed by atoms with E-state index >= 15 is 0 Å². The molecule has 0 bridgehead atoms. The van der Waals surface area contributed by atoms with Crippen molar-refractivity contribution in [2.45, 2.75) is 12.8 Å². The minimum Gasteiger partial charge on any atom is -0.310 e. The van der Waals surface area contributed by atoms with Crippen LogP contribution < -0.4 is 4.90 Å². The van der Waals surface area contributed by atoms with Crippen LogP contribution in [0.1, 0.15) is 22.3 Å². The normalized spacial score (nSPS) is 12.6. The second-order valence-electron chi connectivity index (χ2n) is 16.3. The molecule has 0 saturated carbocycles. The number of para-hydroxylation sites is 1. The lowest BCUT2D eigenvalue weighted by Gasteiger charge is -2.29. The molecule has 2 heteroatoms. The van der Waals surface area contributed by atoms with Gasteiger partial charge in [0.05, 0.1) is 17.1 Å². The summed E-state index contributed by atoms with van der Waals surface area (Å²) in [5.41, 5.74) is 20.8. The van der Waals surface area contributed by atoms with Crippen LogP contribution in [0, 0.1) is 0 Å². The van der Waals surface area contributed by atoms with Gasteiger partial charge >= 0.3 is 0 Å². The zero-order chi connectivity index (χ0) is 40.3. The monoisotopic (exact) mass is 776 g/mol. The van der Waals surface area contributed by atoms with Gasteiger partial charge in [-0.1, -0.05) is 182 Å². The molecule has 0 aromatic heterocycles. The van der Waals surface area contributed by atoms with Crippen LogP contribution in [0.4, 0.5) is 22.7 Å². The molecule has 1 aliphatic heterocycles. The van der Waals surface area contributed by atoms with E-state index in [4.69, 9.17) is 4.99 Å². The average Bonchev–Trinajstić information content (AvgIpc) is 3.95. The first-order chi connectivity index (χ1) is 30.2. The van der Waals surface area contributed by atoms with Gasteiger partial charge in [-0.05, 0) is 120 Å². The number of aliphatic imine (C=N–C) groups is 1. The largest absolute Gasteiger partial charge is 0.310 e. The molecule has 1 aliphatic carbocycles. The number of rotatable bonds is 7. The van der Waals surface area contributed by atoms with Gasteiger partial charge in [0, 0.05) is 28.9 Å². The molecule has 0 amide bonds. The van der Waals surface area contributed by atoms with Crippen LogP contribution in [0.3, 0.4) is 0 Å². The summed E-state index contributed by atoms with van der Waals surface area (Å²) in [6.07, 6.45) is 1.73. The average molecular weight is 777 g/mol. The van der Waals surface area contributed by atoms with Gasteiger partial charge < -0.3 is 4.90 Å². The molecule has 2 nitrogen and oxygen atoms in total. The van der Waals surface area contributed by atoms with Gasteiger partial charge in [-0.25, -0.2) is 0 Å². The molecule has 0 saturated heterocycles. The van der Waals surface area contributed by atoms with E-state index in [0.29, 0.717) is 0 Å². The minimum absolute atomic E-state index is 0.859. The summed E-state index contributed by atoms with van der Waals surface area (Å²) in [7, 11) is 0. The molecule has 286 valence electrons. The highest BCUT2D eigenvalue weighted by atomic mass is 15.1. The van der Waals surface area contributed by atoms with Gasteiger partial charge in [0.25, 0.3) is 0 Å². The Bertz CT molecular complexity index is 3240. The summed E-state index contributed by atoms with van der Waals surface area (Å²) in [5.74, 6) is 0. The maximum atomic E-state index is 5.08. The molecule has 61 heavy (non-hydrogen) atoms. The number of fused-ring (bicyclic) bond motifs is 7. The predicted octanol–water partition coefficient (Wildman–Crippen LogP) is 15.7. The van der Waals surface area contributed by atoms with Crippen LogP contribution >= 0.6 is 0 Å². The highest BCUT2D eigenvalue weighted by Gasteiger charge is 2.29. The van der Waals surface area contributed by atoms with Crippen molar-refractivity contribution in [3.8, 4) is 44.5 Å². The molecule has 0 N–H and O–H groups in total. The third kappa shape index (κ3) is 6.07. The summed E-state index contributed by atoms with van der Waals surface area (Å²) in [6, 6.07) is 79.8. The van der Waals surface area contributed by atoms with E-state index in [1.165, 1.54) is 94.0 Å². The Balaban J connectivity index is 0.999. The standard InChI is InChI=1S/C59H40N2/c1-3-13-39(14-4-1)41-23-28-47(29-24-41)61(48-30-25-42(26-31-48)40-15-5-2-6-16-40)58-38-43-17-7-9-19-49(43)55-36-46-35-44(27-32-51(46)59(55)58)50-33-34-54(53-21-11-10-20-52(50)53)57-37-45-18-8-12-22-56(45)60-57/h1-35,38H,36-37H2. The van der Waals surface area contributed by atoms with Crippen molar-refractivity contribution in [3.05, 3.63) is 241 Å². The van der Waals surface area contributed by atoms with Crippen molar-refractivity contribution >= 4 is 50.0 Å². The molecule has 2 aliphatic rings. The first-order valence-electron chi connectivity index (χ1n) is 21.2. The Kier molecular flexibility index (Phi) is 8.35. The van der Waals surface area contributed by atoms with Crippen LogP contribution in [-0.2, 0) is 12.8 Å². The van der Waals surface area contributed by atoms with E-state index in [-0.39, 0.29) is 0 Å². The van der Waals surface area contributed by atoms with E-state index in [2.05, 4.69) is 223 Å². The quantitative estimate of drug-likeness (QED) is 0.157. The Labute approximate surface area is 356 Å². The fraction of sp³-hybridized carbons (Fsp3) is 0.0339. The van der Waals surface area contributed by atoms with Crippen LogP contribution in [0.5, 0.6) is 0 Å². The number of benzene rings is 10. The van der Waals surface area contributed by atoms with Gasteiger partial charge in [0.15, 0.2) is 0 Å². The maximum absolute atomic E-state index is 5.08. The van der Waals surface area contributed by atoms with Crippen LogP contribution in [-0.4, -0.2) is 5.71 Å². The van der Waals surface area contributed by atoms with Crippen molar-refractivity contribution in [1.82, 2.24) is 0 Å². The Morgan fingerprint density at radius 3 is 1.56 bits per heavy atom. The van der Waals surface area contributed by atoms with Gasteiger partial charge in [0.2, 0.25) is 0 Å². The molecule has 10 aromatic carbocycles. The fourth-order valence-electron chi connectivity index (χ4n) is 9.80. The van der Waals surface area contributed by atoms with E-state index in [9.17, 15) is 0 Å². The molecular formula is C59H40N2. The Morgan fingerprint density at radius 1 is 0.361 bits per heavy atom. The van der Waals surface area contributed by atoms with Crippen molar-refractivity contribution in [3.63, 3.8) is 0 Å². The lowest BCUT2D eigenvalue weighted by atomic mass is 9.91. The van der Waals surface area contributed by atoms with E-state index in [1.54, 1.807) is 0 Å². The second kappa shape index (κ2) is 14.5. The number of nitrogens with zero attached hydrogens (tertiary/aromatic N) is 2. The zero-order valence-corrected chi connectivity index (χ0v) is 33.6. The lowest BCUT2D eigenvalue weighted by Crippen LogP contribution is -2.11. The van der Waals surface area contributed by atoms with Crippen molar-refractivity contribution in [2.75, 3.05) is 4.90 Å². The van der Waals surface area contributed by atoms with Crippen molar-refractivity contribution in [2.24, 2.45) is 4.99 Å². The van der Waals surface area contributed by atoms with E-state index < -0.39 is 0 Å². The van der Waals surface area contributed by atoms with E-state index in [1.807, 2.05) is 0 Å². The predicted molar refractivity (Wildman–Crippen MR) is 257 cm³/mol. The number of hydrogen-bond donors (Lipinski definition) is 0. The first-order valence-corrected chi connectivity index (χ1v) is 21.2. The smallest absolute Gasteiger partial charge is 0.0669 e. The van der Waals surface area contributed by atoms with Crippen molar-refractivity contribution < 1.29 is 0 Å². The van der Waals surface area contributed by atoms with Crippen LogP contribution in [0.25, 0.3) is 66.1 Å². The number of anilines is 3. The van der Waals surface area contributed by atoms with Gasteiger partial charge in [-0.15, -0.1) is 0 Å². The topological polar surface area (TPSA) is 15.6 Å². The molecule has 10 aromatic rings. The maximum Gasteiger partial charge on any atom is 0.0669 e. The van der Waals surface area contributed by atoms with Crippen molar-refractivity contribution in [1.29, 1.82) is 0 Å². The van der Waals surface area contributed by atoms with Gasteiger partial charge in [-0.2, -0.15) is 0 Å². The van der Waals surface area contributed by atoms with Crippen LogP contribution in [0.15, 0.2) is 223 Å². The third-order valence-electron chi connectivity index (χ3n) is 12.7. The highest BCUT2D eigenvalue weighted by molar-refractivity contribution is 6.17. The molecule has 0 spiro atoms. The molecule has 0 radical (unpaired) electrons. The lowest BCUT2D eigenvalue weighted by molar-refractivity contribution is 1.27.